The van der Waals surface area contributed by atoms with Crippen LogP contribution in [0.4, 0.5) is 4.79 Å². The van der Waals surface area contributed by atoms with Crippen molar-refractivity contribution in [2.45, 2.75) is 167 Å². The van der Waals surface area contributed by atoms with Crippen molar-refractivity contribution in [1.29, 1.82) is 0 Å². The van der Waals surface area contributed by atoms with Gasteiger partial charge < -0.3 is 53.8 Å². The first-order chi connectivity index (χ1) is 24.8. The van der Waals surface area contributed by atoms with Gasteiger partial charge in [-0.3, -0.25) is 9.59 Å². The summed E-state index contributed by atoms with van der Waals surface area (Å²) in [7, 11) is 0. The summed E-state index contributed by atoms with van der Waals surface area (Å²) >= 11 is 0. The summed E-state index contributed by atoms with van der Waals surface area (Å²) in [6.45, 7) is 21.6. The molecular formula is C39H59NO14. The highest BCUT2D eigenvalue weighted by Crippen LogP contribution is 2.69. The van der Waals surface area contributed by atoms with Crippen LogP contribution in [0.2, 0.25) is 0 Å². The summed E-state index contributed by atoms with van der Waals surface area (Å²) in [5, 5.41) is 39.5. The van der Waals surface area contributed by atoms with Crippen molar-refractivity contribution in [1.82, 2.24) is 5.32 Å². The molecule has 2 saturated heterocycles. The Labute approximate surface area is 317 Å². The van der Waals surface area contributed by atoms with Crippen molar-refractivity contribution in [3.63, 3.8) is 0 Å². The minimum absolute atomic E-state index is 0.0521. The quantitative estimate of drug-likeness (QED) is 0.143. The third kappa shape index (κ3) is 6.97. The van der Waals surface area contributed by atoms with Crippen LogP contribution in [-0.2, 0) is 47.5 Å². The van der Waals surface area contributed by atoms with E-state index in [1.165, 1.54) is 33.8 Å². The van der Waals surface area contributed by atoms with Crippen molar-refractivity contribution >= 4 is 24.0 Å². The Morgan fingerprint density at radius 1 is 1.06 bits per heavy atom. The van der Waals surface area contributed by atoms with E-state index in [0.717, 1.165) is 0 Å². The second-order valence-electron chi connectivity index (χ2n) is 17.8. The van der Waals surface area contributed by atoms with Crippen LogP contribution in [0.3, 0.4) is 0 Å². The number of alkyl carbamates (subject to hydrolysis) is 1. The Hall–Kier alpha value is -3.08. The van der Waals surface area contributed by atoms with Crippen LogP contribution in [0.5, 0.6) is 0 Å². The lowest BCUT2D eigenvalue weighted by Gasteiger charge is -2.67. The number of aliphatic hydroxyl groups is 3. The van der Waals surface area contributed by atoms with Gasteiger partial charge in [0.15, 0.2) is 24.1 Å². The molecular weight excluding hydrogens is 706 g/mol. The molecule has 0 aromatic heterocycles. The van der Waals surface area contributed by atoms with Gasteiger partial charge in [-0.1, -0.05) is 27.4 Å². The molecule has 0 spiro atoms. The first kappa shape index (κ1) is 42.1. The third-order valence-corrected chi connectivity index (χ3v) is 12.1. The molecule has 15 nitrogen and oxygen atoms in total. The monoisotopic (exact) mass is 765 g/mol. The van der Waals surface area contributed by atoms with Gasteiger partial charge >= 0.3 is 24.0 Å². The molecule has 0 aromatic carbocycles. The molecule has 2 saturated carbocycles. The number of esters is 3. The van der Waals surface area contributed by atoms with Crippen molar-refractivity contribution in [3.8, 4) is 0 Å². The molecule has 3 aliphatic carbocycles. The number of rotatable bonds is 10. The van der Waals surface area contributed by atoms with Gasteiger partial charge in [0.2, 0.25) is 0 Å². The van der Waals surface area contributed by atoms with Gasteiger partial charge in [-0.15, -0.1) is 0 Å². The van der Waals surface area contributed by atoms with E-state index >= 15 is 0 Å². The number of ether oxygens (including phenoxy) is 7. The molecule has 4 N–H and O–H groups in total. The van der Waals surface area contributed by atoms with E-state index < -0.39 is 113 Å². The Kier molecular flexibility index (Phi) is 11.3. The van der Waals surface area contributed by atoms with E-state index in [4.69, 9.17) is 33.2 Å². The molecule has 0 bridgehead atoms. The molecule has 13 atom stereocenters. The van der Waals surface area contributed by atoms with Gasteiger partial charge in [-0.05, 0) is 71.1 Å². The van der Waals surface area contributed by atoms with E-state index in [1.54, 1.807) is 27.7 Å². The average molecular weight is 766 g/mol. The number of nitrogens with one attached hydrogen (secondary N) is 1. The number of carbonyl (C=O) groups excluding carboxylic acids is 4. The second-order valence-corrected chi connectivity index (χ2v) is 17.8. The predicted molar refractivity (Wildman–Crippen MR) is 190 cm³/mol. The Bertz CT molecular complexity index is 1550. The normalized spacial score (nSPS) is 38.4. The molecule has 15 heteroatoms. The van der Waals surface area contributed by atoms with E-state index in [0.29, 0.717) is 5.57 Å². The van der Waals surface area contributed by atoms with Crippen molar-refractivity contribution < 1.29 is 67.7 Å². The zero-order valence-electron chi connectivity index (χ0n) is 33.3. The van der Waals surface area contributed by atoms with E-state index in [2.05, 4.69) is 11.9 Å². The number of carbonyl (C=O) groups is 4. The standard InChI is InChI=1S/C39H59NO14/c1-13-26-51-24-15-25-39(17-48-25,53-21(6)42)30-31(44)38(36(10,11)47)16-23(19(4)27(38)29(49-20(5)41)32(52-26)37(24,30)12)50-33(45)28(43)22(14-18(2)3)40-34(46)54-35(7,8)9/h13,18,22-26,28-32,43-44,47H,1,14-17H2,2-12H3,(H,40,46)/t22-,23-,24-,25+,26-,28+,29-,30-,31-,32-,37+,38-,39-/m0/s1. The Balaban J connectivity index is 1.65. The summed E-state index contributed by atoms with van der Waals surface area (Å²) in [4.78, 5) is 52.5. The van der Waals surface area contributed by atoms with E-state index in [1.807, 2.05) is 20.8 Å². The van der Waals surface area contributed by atoms with Crippen LogP contribution in [0.25, 0.3) is 0 Å². The minimum Gasteiger partial charge on any atom is -0.456 e. The molecule has 5 rings (SSSR count). The Morgan fingerprint density at radius 2 is 1.70 bits per heavy atom. The first-order valence-corrected chi connectivity index (χ1v) is 18.8. The fourth-order valence-electron chi connectivity index (χ4n) is 9.94. The number of hydrogen-bond acceptors (Lipinski definition) is 14. The molecule has 304 valence electrons. The zero-order valence-corrected chi connectivity index (χ0v) is 33.3. The van der Waals surface area contributed by atoms with Crippen LogP contribution in [-0.4, -0.2) is 118 Å². The zero-order chi connectivity index (χ0) is 40.5. The number of aliphatic hydroxyl groups excluding tert-OH is 2. The third-order valence-electron chi connectivity index (χ3n) is 12.1. The summed E-state index contributed by atoms with van der Waals surface area (Å²) in [6, 6.07) is -1.08. The molecule has 2 aliphatic heterocycles. The molecule has 0 aromatic rings. The van der Waals surface area contributed by atoms with Crippen LogP contribution in [0.15, 0.2) is 23.8 Å². The van der Waals surface area contributed by atoms with E-state index in [9.17, 15) is 34.5 Å². The number of hydrogen-bond donors (Lipinski definition) is 4. The maximum atomic E-state index is 13.9. The molecule has 2 heterocycles. The van der Waals surface area contributed by atoms with Gasteiger partial charge in [0.1, 0.15) is 23.9 Å². The smallest absolute Gasteiger partial charge is 0.407 e. The van der Waals surface area contributed by atoms with Crippen LogP contribution < -0.4 is 5.32 Å². The van der Waals surface area contributed by atoms with Gasteiger partial charge in [-0.25, -0.2) is 9.59 Å². The lowest BCUT2D eigenvalue weighted by atomic mass is 9.49. The fraction of sp³-hybridized carbons (Fsp3) is 0.795. The van der Waals surface area contributed by atoms with Gasteiger partial charge in [0.25, 0.3) is 0 Å². The maximum absolute atomic E-state index is 13.9. The van der Waals surface area contributed by atoms with Crippen molar-refractivity contribution in [2.75, 3.05) is 6.61 Å². The molecule has 5 aliphatic rings. The summed E-state index contributed by atoms with van der Waals surface area (Å²) in [5.74, 6) is -3.44. The van der Waals surface area contributed by atoms with Crippen LogP contribution >= 0.6 is 0 Å². The summed E-state index contributed by atoms with van der Waals surface area (Å²) in [6.07, 6.45) is -8.35. The topological polar surface area (TPSA) is 206 Å². The van der Waals surface area contributed by atoms with Gasteiger partial charge in [0, 0.05) is 38.0 Å². The molecule has 4 fully saturated rings. The Morgan fingerprint density at radius 3 is 2.20 bits per heavy atom. The van der Waals surface area contributed by atoms with Gasteiger partial charge in [0.05, 0.1) is 35.9 Å². The van der Waals surface area contributed by atoms with E-state index in [-0.39, 0.29) is 37.4 Å². The number of fused-ring (bicyclic) bond motifs is 3. The highest BCUT2D eigenvalue weighted by molar-refractivity contribution is 5.77. The van der Waals surface area contributed by atoms with Gasteiger partial charge in [-0.2, -0.15) is 0 Å². The maximum Gasteiger partial charge on any atom is 0.407 e. The fourth-order valence-corrected chi connectivity index (χ4v) is 9.94. The highest BCUT2D eigenvalue weighted by atomic mass is 16.7. The SMILES string of the molecule is C=C[C@H]1O[C@H]2C[C@H]3OC[C@@]3(OC(C)=O)[C@H]3[C@H](O)[C@]4(C(C)(C)O)C[C@H](OC(=O)[C@H](O)[C@H](CC(C)C)NC(=O)OC(C)(C)C)C(C)=C4[C@H](OC(C)=O)[C@H](O1)[C@]23C. The highest BCUT2D eigenvalue weighted by Gasteiger charge is 2.80. The molecule has 0 unspecified atom stereocenters. The predicted octanol–water partition coefficient (Wildman–Crippen LogP) is 3.01. The van der Waals surface area contributed by atoms with Crippen molar-refractivity contribution in [2.24, 2.45) is 22.7 Å². The number of amides is 1. The summed E-state index contributed by atoms with van der Waals surface area (Å²) in [5.41, 5.74) is -6.36. The lowest BCUT2D eigenvalue weighted by Crippen LogP contribution is -2.80. The minimum atomic E-state index is -1.83. The lowest BCUT2D eigenvalue weighted by molar-refractivity contribution is -0.393. The van der Waals surface area contributed by atoms with Crippen LogP contribution in [0.1, 0.15) is 95.4 Å². The second kappa shape index (κ2) is 14.5. The first-order valence-electron chi connectivity index (χ1n) is 18.8. The molecule has 54 heavy (non-hydrogen) atoms. The average Bonchev–Trinajstić information content (AvgIpc) is 3.28. The largest absolute Gasteiger partial charge is 0.456 e. The molecule has 1 amide bonds. The summed E-state index contributed by atoms with van der Waals surface area (Å²) < 4.78 is 42.7. The van der Waals surface area contributed by atoms with Crippen molar-refractivity contribution in [3.05, 3.63) is 23.8 Å². The molecule has 0 radical (unpaired) electrons. The van der Waals surface area contributed by atoms with Crippen LogP contribution in [0, 0.1) is 22.7 Å².